The van der Waals surface area contributed by atoms with Crippen LogP contribution < -0.4 is 5.32 Å². The highest BCUT2D eigenvalue weighted by molar-refractivity contribution is 5.08. The van der Waals surface area contributed by atoms with Crippen molar-refractivity contribution in [3.8, 4) is 0 Å². The molecule has 0 spiro atoms. The summed E-state index contributed by atoms with van der Waals surface area (Å²) in [7, 11) is 0. The maximum absolute atomic E-state index is 4.40. The summed E-state index contributed by atoms with van der Waals surface area (Å²) >= 11 is 0. The second-order valence-corrected chi connectivity index (χ2v) is 5.52. The number of hydrogen-bond donors (Lipinski definition) is 1. The Kier molecular flexibility index (Phi) is 3.46. The lowest BCUT2D eigenvalue weighted by atomic mass is 9.94. The standard InChI is InChI=1S/C14H23N3/c1-2-6-12(7-3-1)17-11-15-10-14(17)13-8-4-5-9-16-13/h10-13,16H,1-9H2. The molecular formula is C14H23N3. The van der Waals surface area contributed by atoms with Crippen LogP contribution in [-0.4, -0.2) is 16.1 Å². The average Bonchev–Trinajstić information content (AvgIpc) is 2.90. The minimum absolute atomic E-state index is 0.549. The van der Waals surface area contributed by atoms with Gasteiger partial charge in [0.1, 0.15) is 0 Å². The Bertz CT molecular complexity index is 314. The number of rotatable bonds is 2. The van der Waals surface area contributed by atoms with Crippen LogP contribution in [0.25, 0.3) is 0 Å². The Labute approximate surface area is 104 Å². The van der Waals surface area contributed by atoms with E-state index in [1.807, 2.05) is 0 Å². The summed E-state index contributed by atoms with van der Waals surface area (Å²) in [6, 6.07) is 1.26. The molecule has 0 amide bonds. The van der Waals surface area contributed by atoms with Crippen LogP contribution in [0.3, 0.4) is 0 Å². The van der Waals surface area contributed by atoms with E-state index in [9.17, 15) is 0 Å². The molecule has 1 N–H and O–H groups in total. The molecule has 3 nitrogen and oxygen atoms in total. The Morgan fingerprint density at radius 3 is 2.65 bits per heavy atom. The number of piperidine rings is 1. The molecule has 0 aromatic carbocycles. The number of imidazole rings is 1. The van der Waals surface area contributed by atoms with Crippen LogP contribution in [0.15, 0.2) is 12.5 Å². The molecule has 3 heteroatoms. The van der Waals surface area contributed by atoms with Crippen LogP contribution in [0.1, 0.15) is 69.1 Å². The monoisotopic (exact) mass is 233 g/mol. The summed E-state index contributed by atoms with van der Waals surface area (Å²) in [4.78, 5) is 4.40. The number of aromatic nitrogens is 2. The highest BCUT2D eigenvalue weighted by atomic mass is 15.1. The van der Waals surface area contributed by atoms with Crippen LogP contribution in [0.4, 0.5) is 0 Å². The zero-order valence-electron chi connectivity index (χ0n) is 10.6. The maximum atomic E-state index is 4.40. The number of nitrogens with zero attached hydrogens (tertiary/aromatic N) is 2. The van der Waals surface area contributed by atoms with Crippen LogP contribution in [-0.2, 0) is 0 Å². The lowest BCUT2D eigenvalue weighted by Crippen LogP contribution is -2.29. The molecule has 1 saturated heterocycles. The Morgan fingerprint density at radius 1 is 1.06 bits per heavy atom. The summed E-state index contributed by atoms with van der Waals surface area (Å²) < 4.78 is 2.46. The van der Waals surface area contributed by atoms with Gasteiger partial charge in [-0.15, -0.1) is 0 Å². The summed E-state index contributed by atoms with van der Waals surface area (Å²) in [5.74, 6) is 0. The Balaban J connectivity index is 1.77. The zero-order chi connectivity index (χ0) is 11.5. The first kappa shape index (κ1) is 11.3. The van der Waals surface area contributed by atoms with Gasteiger partial charge in [-0.3, -0.25) is 0 Å². The third-order valence-electron chi connectivity index (χ3n) is 4.33. The van der Waals surface area contributed by atoms with E-state index in [2.05, 4.69) is 27.4 Å². The van der Waals surface area contributed by atoms with E-state index in [1.54, 1.807) is 0 Å². The van der Waals surface area contributed by atoms with Crippen molar-refractivity contribution in [1.29, 1.82) is 0 Å². The van der Waals surface area contributed by atoms with Crippen LogP contribution >= 0.6 is 0 Å². The molecule has 1 aliphatic heterocycles. The van der Waals surface area contributed by atoms with Gasteiger partial charge in [0, 0.05) is 18.3 Å². The van der Waals surface area contributed by atoms with E-state index in [4.69, 9.17) is 0 Å². The second kappa shape index (κ2) is 5.21. The summed E-state index contributed by atoms with van der Waals surface area (Å²) in [5, 5.41) is 3.64. The molecule has 1 aromatic heterocycles. The molecule has 1 atom stereocenters. The summed E-state index contributed by atoms with van der Waals surface area (Å²) in [6.45, 7) is 1.17. The normalized spacial score (nSPS) is 27.2. The molecular weight excluding hydrogens is 210 g/mol. The van der Waals surface area contributed by atoms with Gasteiger partial charge in [-0.1, -0.05) is 25.7 Å². The van der Waals surface area contributed by atoms with Gasteiger partial charge in [0.15, 0.2) is 0 Å². The molecule has 1 aromatic rings. The molecule has 2 fully saturated rings. The van der Waals surface area contributed by atoms with E-state index in [0.29, 0.717) is 12.1 Å². The van der Waals surface area contributed by atoms with Gasteiger partial charge in [0.2, 0.25) is 0 Å². The lowest BCUT2D eigenvalue weighted by molar-refractivity contribution is 0.323. The predicted molar refractivity (Wildman–Crippen MR) is 68.9 cm³/mol. The molecule has 3 rings (SSSR count). The maximum Gasteiger partial charge on any atom is 0.0951 e. The SMILES string of the molecule is c1ncn(C2CCCCC2)c1C1CCCCN1. The fourth-order valence-corrected chi connectivity index (χ4v) is 3.35. The topological polar surface area (TPSA) is 29.9 Å². The van der Waals surface area contributed by atoms with Gasteiger partial charge in [0.25, 0.3) is 0 Å². The largest absolute Gasteiger partial charge is 0.330 e. The predicted octanol–water partition coefficient (Wildman–Crippen LogP) is 3.20. The summed E-state index contributed by atoms with van der Waals surface area (Å²) in [6.07, 6.45) is 15.0. The highest BCUT2D eigenvalue weighted by Gasteiger charge is 2.23. The molecule has 2 aliphatic rings. The fourth-order valence-electron chi connectivity index (χ4n) is 3.35. The van der Waals surface area contributed by atoms with Crippen LogP contribution in [0.5, 0.6) is 0 Å². The van der Waals surface area contributed by atoms with Gasteiger partial charge >= 0.3 is 0 Å². The van der Waals surface area contributed by atoms with Crippen molar-refractivity contribution in [1.82, 2.24) is 14.9 Å². The van der Waals surface area contributed by atoms with Crippen molar-refractivity contribution in [2.75, 3.05) is 6.54 Å². The third-order valence-corrected chi connectivity index (χ3v) is 4.33. The minimum atomic E-state index is 0.549. The molecule has 1 aliphatic carbocycles. The molecule has 17 heavy (non-hydrogen) atoms. The van der Waals surface area contributed by atoms with E-state index < -0.39 is 0 Å². The minimum Gasteiger partial charge on any atom is -0.330 e. The quantitative estimate of drug-likeness (QED) is 0.850. The van der Waals surface area contributed by atoms with E-state index >= 15 is 0 Å². The van der Waals surface area contributed by atoms with Crippen LogP contribution in [0.2, 0.25) is 0 Å². The first-order valence-corrected chi connectivity index (χ1v) is 7.20. The molecule has 1 saturated carbocycles. The van der Waals surface area contributed by atoms with Crippen molar-refractivity contribution < 1.29 is 0 Å². The zero-order valence-corrected chi connectivity index (χ0v) is 10.6. The third kappa shape index (κ3) is 2.39. The number of nitrogens with one attached hydrogen (secondary N) is 1. The van der Waals surface area contributed by atoms with Crippen molar-refractivity contribution in [3.63, 3.8) is 0 Å². The van der Waals surface area contributed by atoms with Crippen molar-refractivity contribution in [2.24, 2.45) is 0 Å². The first-order chi connectivity index (χ1) is 8.45. The lowest BCUT2D eigenvalue weighted by Gasteiger charge is -2.29. The number of hydrogen-bond acceptors (Lipinski definition) is 2. The fraction of sp³-hybridized carbons (Fsp3) is 0.786. The van der Waals surface area contributed by atoms with Crippen LogP contribution in [0, 0.1) is 0 Å². The molecule has 0 radical (unpaired) electrons. The van der Waals surface area contributed by atoms with E-state index in [-0.39, 0.29) is 0 Å². The van der Waals surface area contributed by atoms with Gasteiger partial charge in [0.05, 0.1) is 12.0 Å². The van der Waals surface area contributed by atoms with E-state index in [1.165, 1.54) is 63.6 Å². The van der Waals surface area contributed by atoms with Crippen molar-refractivity contribution in [2.45, 2.75) is 63.5 Å². The Hall–Kier alpha value is -0.830. The molecule has 2 heterocycles. The Morgan fingerprint density at radius 2 is 1.88 bits per heavy atom. The van der Waals surface area contributed by atoms with E-state index in [0.717, 1.165) is 0 Å². The molecule has 0 bridgehead atoms. The second-order valence-electron chi connectivity index (χ2n) is 5.52. The smallest absolute Gasteiger partial charge is 0.0951 e. The average molecular weight is 233 g/mol. The highest BCUT2D eigenvalue weighted by Crippen LogP contribution is 2.32. The van der Waals surface area contributed by atoms with Crippen molar-refractivity contribution >= 4 is 0 Å². The van der Waals surface area contributed by atoms with Crippen molar-refractivity contribution in [3.05, 3.63) is 18.2 Å². The van der Waals surface area contributed by atoms with Gasteiger partial charge < -0.3 is 9.88 Å². The molecule has 1 unspecified atom stereocenters. The van der Waals surface area contributed by atoms with Gasteiger partial charge in [-0.2, -0.15) is 0 Å². The summed E-state index contributed by atoms with van der Waals surface area (Å²) in [5.41, 5.74) is 1.43. The van der Waals surface area contributed by atoms with Gasteiger partial charge in [-0.05, 0) is 32.2 Å². The molecule has 94 valence electrons. The van der Waals surface area contributed by atoms with Gasteiger partial charge in [-0.25, -0.2) is 4.98 Å². The first-order valence-electron chi connectivity index (χ1n) is 7.20.